The fourth-order valence-electron chi connectivity index (χ4n) is 2.94. The predicted molar refractivity (Wildman–Crippen MR) is 89.9 cm³/mol. The smallest absolute Gasteiger partial charge is 0.274 e. The van der Waals surface area contributed by atoms with E-state index >= 15 is 0 Å². The van der Waals surface area contributed by atoms with Gasteiger partial charge in [-0.25, -0.2) is 4.98 Å². The molecule has 1 aromatic heterocycles. The molecule has 0 aliphatic carbocycles. The number of nitrogens with zero attached hydrogens (tertiary/aromatic N) is 2. The molecule has 0 radical (unpaired) electrons. The molecule has 2 heterocycles. The fraction of sp³-hybridized carbons (Fsp3) is 0.389. The molecule has 1 aliphatic rings. The van der Waals surface area contributed by atoms with Crippen molar-refractivity contribution in [2.45, 2.75) is 38.6 Å². The Labute approximate surface area is 140 Å². The molecule has 6 heteroatoms. The zero-order chi connectivity index (χ0) is 17.1. The SMILES string of the molecule is CC(C)c1ocnc1C(=O)NC1CCCN(c2ccccc2)C1=O. The van der Waals surface area contributed by atoms with Crippen LogP contribution in [0.1, 0.15) is 48.9 Å². The number of carbonyl (C=O) groups is 2. The first-order chi connectivity index (χ1) is 11.6. The molecule has 0 spiro atoms. The monoisotopic (exact) mass is 327 g/mol. The minimum atomic E-state index is -0.539. The number of oxazole rings is 1. The van der Waals surface area contributed by atoms with E-state index < -0.39 is 6.04 Å². The summed E-state index contributed by atoms with van der Waals surface area (Å²) in [6, 6.07) is 8.97. The van der Waals surface area contributed by atoms with Gasteiger partial charge >= 0.3 is 0 Å². The van der Waals surface area contributed by atoms with E-state index in [1.807, 2.05) is 44.2 Å². The van der Waals surface area contributed by atoms with Crippen LogP contribution in [0.3, 0.4) is 0 Å². The molecular weight excluding hydrogens is 306 g/mol. The molecule has 0 bridgehead atoms. The first-order valence-electron chi connectivity index (χ1n) is 8.18. The van der Waals surface area contributed by atoms with Gasteiger partial charge in [0.1, 0.15) is 11.8 Å². The molecule has 6 nitrogen and oxygen atoms in total. The van der Waals surface area contributed by atoms with Gasteiger partial charge in [0.15, 0.2) is 12.1 Å². The van der Waals surface area contributed by atoms with Crippen molar-refractivity contribution in [2.75, 3.05) is 11.4 Å². The quantitative estimate of drug-likeness (QED) is 0.937. The number of carbonyl (C=O) groups excluding carboxylic acids is 2. The van der Waals surface area contributed by atoms with Crippen molar-refractivity contribution in [3.05, 3.63) is 48.2 Å². The third kappa shape index (κ3) is 3.18. The predicted octanol–water partition coefficient (Wildman–Crippen LogP) is 2.72. The fourth-order valence-corrected chi connectivity index (χ4v) is 2.94. The lowest BCUT2D eigenvalue weighted by Gasteiger charge is -2.32. The Morgan fingerprint density at radius 3 is 2.79 bits per heavy atom. The van der Waals surface area contributed by atoms with Gasteiger partial charge in [-0.05, 0) is 25.0 Å². The number of aromatic nitrogens is 1. The molecule has 24 heavy (non-hydrogen) atoms. The Hall–Kier alpha value is -2.63. The maximum absolute atomic E-state index is 12.7. The van der Waals surface area contributed by atoms with E-state index in [9.17, 15) is 9.59 Å². The standard InChI is InChI=1S/C18H21N3O3/c1-12(2)16-15(19-11-24-16)17(22)20-14-9-6-10-21(18(14)23)13-7-4-3-5-8-13/h3-5,7-8,11-12,14H,6,9-10H2,1-2H3,(H,20,22). The average Bonchev–Trinajstić information content (AvgIpc) is 3.07. The molecule has 2 amide bonds. The molecule has 1 aliphatic heterocycles. The first-order valence-corrected chi connectivity index (χ1v) is 8.18. The number of piperidine rings is 1. The van der Waals surface area contributed by atoms with Crippen molar-refractivity contribution in [1.82, 2.24) is 10.3 Å². The molecular formula is C18H21N3O3. The summed E-state index contributed by atoms with van der Waals surface area (Å²) >= 11 is 0. The molecule has 1 atom stereocenters. The summed E-state index contributed by atoms with van der Waals surface area (Å²) in [6.07, 6.45) is 2.73. The lowest BCUT2D eigenvalue weighted by molar-refractivity contribution is -0.121. The van der Waals surface area contributed by atoms with Crippen molar-refractivity contribution in [3.63, 3.8) is 0 Å². The van der Waals surface area contributed by atoms with Gasteiger partial charge in [0.25, 0.3) is 5.91 Å². The summed E-state index contributed by atoms with van der Waals surface area (Å²) in [4.78, 5) is 30.9. The normalized spacial score (nSPS) is 18.0. The third-order valence-corrected chi connectivity index (χ3v) is 4.15. The van der Waals surface area contributed by atoms with Crippen molar-refractivity contribution >= 4 is 17.5 Å². The zero-order valence-electron chi connectivity index (χ0n) is 13.9. The summed E-state index contributed by atoms with van der Waals surface area (Å²) < 4.78 is 5.29. The van der Waals surface area contributed by atoms with Crippen LogP contribution < -0.4 is 10.2 Å². The molecule has 1 saturated heterocycles. The molecule has 1 unspecified atom stereocenters. The zero-order valence-corrected chi connectivity index (χ0v) is 13.9. The summed E-state index contributed by atoms with van der Waals surface area (Å²) in [5, 5.41) is 2.81. The van der Waals surface area contributed by atoms with E-state index in [1.165, 1.54) is 6.39 Å². The number of anilines is 1. The van der Waals surface area contributed by atoms with Gasteiger partial charge in [-0.2, -0.15) is 0 Å². The van der Waals surface area contributed by atoms with E-state index in [1.54, 1.807) is 4.90 Å². The van der Waals surface area contributed by atoms with Crippen LogP contribution in [0.5, 0.6) is 0 Å². The van der Waals surface area contributed by atoms with Crippen molar-refractivity contribution < 1.29 is 14.0 Å². The topological polar surface area (TPSA) is 75.4 Å². The maximum atomic E-state index is 12.7. The van der Waals surface area contributed by atoms with Gasteiger partial charge in [-0.1, -0.05) is 32.0 Å². The highest BCUT2D eigenvalue weighted by Crippen LogP contribution is 2.22. The summed E-state index contributed by atoms with van der Waals surface area (Å²) in [5.41, 5.74) is 1.11. The van der Waals surface area contributed by atoms with Crippen molar-refractivity contribution in [2.24, 2.45) is 0 Å². The molecule has 1 aromatic carbocycles. The number of benzene rings is 1. The van der Waals surface area contributed by atoms with Crippen LogP contribution in [0.2, 0.25) is 0 Å². The van der Waals surface area contributed by atoms with Gasteiger partial charge in [0, 0.05) is 18.2 Å². The van der Waals surface area contributed by atoms with Crippen LogP contribution in [0.25, 0.3) is 0 Å². The van der Waals surface area contributed by atoms with E-state index in [2.05, 4.69) is 10.3 Å². The second-order valence-electron chi connectivity index (χ2n) is 6.21. The number of nitrogens with one attached hydrogen (secondary N) is 1. The maximum Gasteiger partial charge on any atom is 0.274 e. The van der Waals surface area contributed by atoms with Crippen LogP contribution in [0.15, 0.2) is 41.1 Å². The van der Waals surface area contributed by atoms with Crippen molar-refractivity contribution in [3.8, 4) is 0 Å². The van der Waals surface area contributed by atoms with Crippen molar-refractivity contribution in [1.29, 1.82) is 0 Å². The highest BCUT2D eigenvalue weighted by Gasteiger charge is 2.32. The highest BCUT2D eigenvalue weighted by molar-refractivity contribution is 6.02. The second-order valence-corrected chi connectivity index (χ2v) is 6.21. The second kappa shape index (κ2) is 6.86. The van der Waals surface area contributed by atoms with Gasteiger partial charge < -0.3 is 14.6 Å². The Morgan fingerprint density at radius 1 is 1.33 bits per heavy atom. The Balaban J connectivity index is 1.74. The molecule has 0 saturated carbocycles. The number of para-hydroxylation sites is 1. The Morgan fingerprint density at radius 2 is 2.08 bits per heavy atom. The minimum absolute atomic E-state index is 0.0520. The van der Waals surface area contributed by atoms with E-state index in [-0.39, 0.29) is 23.4 Å². The Kier molecular flexibility index (Phi) is 4.64. The molecule has 1 fully saturated rings. The van der Waals surface area contributed by atoms with Crippen LogP contribution in [-0.2, 0) is 4.79 Å². The lowest BCUT2D eigenvalue weighted by Crippen LogP contribution is -2.52. The van der Waals surface area contributed by atoms with Crippen LogP contribution in [-0.4, -0.2) is 29.4 Å². The number of hydrogen-bond donors (Lipinski definition) is 1. The van der Waals surface area contributed by atoms with Crippen LogP contribution >= 0.6 is 0 Å². The molecule has 3 rings (SSSR count). The van der Waals surface area contributed by atoms with Crippen LogP contribution in [0.4, 0.5) is 5.69 Å². The van der Waals surface area contributed by atoms with E-state index in [0.717, 1.165) is 12.1 Å². The summed E-state index contributed by atoms with van der Waals surface area (Å²) in [6.45, 7) is 4.52. The first kappa shape index (κ1) is 16.2. The number of amides is 2. The van der Waals surface area contributed by atoms with Gasteiger partial charge in [0.2, 0.25) is 5.91 Å². The van der Waals surface area contributed by atoms with Gasteiger partial charge in [-0.15, -0.1) is 0 Å². The van der Waals surface area contributed by atoms with Crippen LogP contribution in [0, 0.1) is 0 Å². The highest BCUT2D eigenvalue weighted by atomic mass is 16.3. The average molecular weight is 327 g/mol. The van der Waals surface area contributed by atoms with Gasteiger partial charge in [0.05, 0.1) is 0 Å². The largest absolute Gasteiger partial charge is 0.447 e. The number of hydrogen-bond acceptors (Lipinski definition) is 4. The van der Waals surface area contributed by atoms with E-state index in [4.69, 9.17) is 4.42 Å². The third-order valence-electron chi connectivity index (χ3n) is 4.15. The van der Waals surface area contributed by atoms with E-state index in [0.29, 0.717) is 18.7 Å². The molecule has 126 valence electrons. The minimum Gasteiger partial charge on any atom is -0.447 e. The lowest BCUT2D eigenvalue weighted by atomic mass is 10.0. The Bertz CT molecular complexity index is 724. The molecule has 2 aromatic rings. The number of rotatable bonds is 4. The molecule has 1 N–H and O–H groups in total. The van der Waals surface area contributed by atoms with Gasteiger partial charge in [-0.3, -0.25) is 9.59 Å². The summed E-state index contributed by atoms with van der Waals surface area (Å²) in [5.74, 6) is 0.142. The summed E-state index contributed by atoms with van der Waals surface area (Å²) in [7, 11) is 0.